The topological polar surface area (TPSA) is 57.2 Å². The summed E-state index contributed by atoms with van der Waals surface area (Å²) in [5.41, 5.74) is 13.7. The molecule has 0 radical (unpaired) electrons. The van der Waals surface area contributed by atoms with Crippen molar-refractivity contribution in [1.29, 1.82) is 0 Å². The van der Waals surface area contributed by atoms with Gasteiger partial charge in [-0.15, -0.1) is 0 Å². The van der Waals surface area contributed by atoms with Crippen molar-refractivity contribution in [1.82, 2.24) is 23.9 Å². The van der Waals surface area contributed by atoms with Crippen LogP contribution in [0.25, 0.3) is 56.2 Å². The zero-order valence-corrected chi connectivity index (χ0v) is 29.5. The molecule has 0 atom stereocenters. The third-order valence-corrected chi connectivity index (χ3v) is 10.5. The Bertz CT molecular complexity index is 2670. The molecule has 9 rings (SSSR count). The molecule has 5 aromatic carbocycles. The van der Waals surface area contributed by atoms with Gasteiger partial charge in [-0.05, 0) is 77.9 Å². The van der Waals surface area contributed by atoms with Gasteiger partial charge < -0.3 is 4.74 Å². The molecule has 0 spiro atoms. The summed E-state index contributed by atoms with van der Waals surface area (Å²) >= 11 is 0. The minimum absolute atomic E-state index is 0.119. The van der Waals surface area contributed by atoms with E-state index in [4.69, 9.17) is 19.7 Å². The van der Waals surface area contributed by atoms with Crippen molar-refractivity contribution in [2.24, 2.45) is 0 Å². The van der Waals surface area contributed by atoms with Gasteiger partial charge in [0.1, 0.15) is 11.5 Å². The summed E-state index contributed by atoms with van der Waals surface area (Å²) in [6, 6.07) is 36.3. The number of hydrogen-bond donors (Lipinski definition) is 0. The molecule has 0 bridgehead atoms. The molecule has 50 heavy (non-hydrogen) atoms. The van der Waals surface area contributed by atoms with E-state index >= 15 is 0 Å². The van der Waals surface area contributed by atoms with Gasteiger partial charge in [0.2, 0.25) is 11.7 Å². The lowest BCUT2D eigenvalue weighted by Crippen LogP contribution is -2.26. The molecular weight excluding hydrogens is 615 g/mol. The van der Waals surface area contributed by atoms with E-state index in [-0.39, 0.29) is 10.8 Å². The Morgan fingerprint density at radius 3 is 2.22 bits per heavy atom. The van der Waals surface area contributed by atoms with Gasteiger partial charge >= 0.3 is 0 Å². The highest BCUT2D eigenvalue weighted by molar-refractivity contribution is 5.92. The average Bonchev–Trinajstić information content (AvgIpc) is 3.63. The number of nitrogens with zero attached hydrogens (tertiary/aromatic N) is 5. The molecule has 6 nitrogen and oxygen atoms in total. The maximum Gasteiger partial charge on any atom is 0.237 e. The number of ether oxygens (including phenoxy) is 1. The smallest absolute Gasteiger partial charge is 0.237 e. The van der Waals surface area contributed by atoms with Crippen molar-refractivity contribution in [2.45, 2.75) is 59.3 Å². The van der Waals surface area contributed by atoms with Crippen LogP contribution in [0, 0.1) is 13.8 Å². The van der Waals surface area contributed by atoms with E-state index in [2.05, 4.69) is 154 Å². The first-order valence-corrected chi connectivity index (χ1v) is 17.3. The van der Waals surface area contributed by atoms with E-state index in [0.29, 0.717) is 5.95 Å². The van der Waals surface area contributed by atoms with Crippen molar-refractivity contribution in [3.05, 3.63) is 137 Å². The molecule has 4 heterocycles. The quantitative estimate of drug-likeness (QED) is 0.190. The number of benzene rings is 5. The zero-order chi connectivity index (χ0) is 34.5. The minimum Gasteiger partial charge on any atom is -0.456 e. The zero-order valence-electron chi connectivity index (χ0n) is 29.5. The van der Waals surface area contributed by atoms with E-state index in [9.17, 15) is 0 Å². The number of aromatic nitrogens is 5. The van der Waals surface area contributed by atoms with Crippen LogP contribution in [0.2, 0.25) is 0 Å². The van der Waals surface area contributed by atoms with Gasteiger partial charge in [0.25, 0.3) is 0 Å². The van der Waals surface area contributed by atoms with Crippen molar-refractivity contribution in [3.63, 3.8) is 0 Å². The average molecular weight is 654 g/mol. The highest BCUT2D eigenvalue weighted by Crippen LogP contribution is 2.53. The fraction of sp³-hybridized carbons (Fsp3) is 0.205. The molecule has 0 fully saturated rings. The van der Waals surface area contributed by atoms with Gasteiger partial charge in [-0.1, -0.05) is 101 Å². The van der Waals surface area contributed by atoms with Crippen LogP contribution in [0.3, 0.4) is 0 Å². The van der Waals surface area contributed by atoms with Gasteiger partial charge in [0, 0.05) is 33.9 Å². The van der Waals surface area contributed by atoms with Gasteiger partial charge in [-0.25, -0.2) is 19.5 Å². The molecule has 0 amide bonds. The standard InChI is InChI=1S/C44H39N5O/c1-26-20-21-28(38-31(43(3,4)5)22-23-32-40(38)50-37-19-13-8-14-30(37)44(32,6)7)24-29(26)39-27(2)25-45-41(47-39)49-36-18-12-11-17-35(36)48-34-16-10-9-15-33(34)46-42(48)49/h8-25H,1-7H3. The second kappa shape index (κ2) is 10.6. The summed E-state index contributed by atoms with van der Waals surface area (Å²) in [7, 11) is 0. The van der Waals surface area contributed by atoms with Crippen molar-refractivity contribution < 1.29 is 4.74 Å². The van der Waals surface area contributed by atoms with Gasteiger partial charge in [0.05, 0.1) is 27.8 Å². The largest absolute Gasteiger partial charge is 0.456 e. The molecule has 3 aromatic heterocycles. The Balaban J connectivity index is 1.26. The predicted octanol–water partition coefficient (Wildman–Crippen LogP) is 10.9. The Hall–Kier alpha value is -5.75. The van der Waals surface area contributed by atoms with E-state index < -0.39 is 0 Å². The van der Waals surface area contributed by atoms with Crippen molar-refractivity contribution in [2.75, 3.05) is 0 Å². The van der Waals surface area contributed by atoms with Crippen LogP contribution in [-0.4, -0.2) is 23.9 Å². The fourth-order valence-electron chi connectivity index (χ4n) is 7.81. The van der Waals surface area contributed by atoms with E-state index in [1.807, 2.05) is 12.3 Å². The summed E-state index contributed by atoms with van der Waals surface area (Å²) in [6.45, 7) is 15.7. The molecule has 0 N–H and O–H groups in total. The summed E-state index contributed by atoms with van der Waals surface area (Å²) in [4.78, 5) is 15.3. The minimum atomic E-state index is -0.219. The number of rotatable bonds is 3. The van der Waals surface area contributed by atoms with Crippen molar-refractivity contribution >= 4 is 27.8 Å². The Morgan fingerprint density at radius 2 is 1.42 bits per heavy atom. The summed E-state index contributed by atoms with van der Waals surface area (Å²) in [5, 5.41) is 0. The monoisotopic (exact) mass is 653 g/mol. The Kier molecular flexibility index (Phi) is 6.44. The van der Waals surface area contributed by atoms with Gasteiger partial charge in [-0.2, -0.15) is 0 Å². The number of imidazole rings is 2. The summed E-state index contributed by atoms with van der Waals surface area (Å²) < 4.78 is 11.2. The molecule has 8 aromatic rings. The lowest BCUT2D eigenvalue weighted by molar-refractivity contribution is 0.417. The molecule has 0 saturated carbocycles. The number of hydrogen-bond acceptors (Lipinski definition) is 4. The second-order valence-corrected chi connectivity index (χ2v) is 15.1. The van der Waals surface area contributed by atoms with Crippen LogP contribution in [0.5, 0.6) is 11.5 Å². The van der Waals surface area contributed by atoms with Crippen LogP contribution in [0.4, 0.5) is 0 Å². The lowest BCUT2D eigenvalue weighted by Gasteiger charge is -2.37. The first-order chi connectivity index (χ1) is 24.0. The molecule has 246 valence electrons. The maximum atomic E-state index is 6.87. The number of aryl methyl sites for hydroxylation is 2. The molecule has 1 aliphatic heterocycles. The van der Waals surface area contributed by atoms with Crippen LogP contribution >= 0.6 is 0 Å². The van der Waals surface area contributed by atoms with Crippen LogP contribution in [0.15, 0.2) is 109 Å². The van der Waals surface area contributed by atoms with Crippen LogP contribution in [-0.2, 0) is 10.8 Å². The first kappa shape index (κ1) is 30.3. The Morgan fingerprint density at radius 1 is 0.700 bits per heavy atom. The highest BCUT2D eigenvalue weighted by atomic mass is 16.5. The molecule has 0 unspecified atom stereocenters. The molecule has 1 aliphatic rings. The number of para-hydroxylation sites is 5. The normalized spacial score (nSPS) is 13.8. The summed E-state index contributed by atoms with van der Waals surface area (Å²) in [6.07, 6.45) is 1.94. The van der Waals surface area contributed by atoms with Crippen LogP contribution in [0.1, 0.15) is 62.4 Å². The lowest BCUT2D eigenvalue weighted by atomic mass is 9.72. The number of fused-ring (bicyclic) bond motifs is 7. The van der Waals surface area contributed by atoms with E-state index in [1.54, 1.807) is 0 Å². The summed E-state index contributed by atoms with van der Waals surface area (Å²) in [5.74, 6) is 3.23. The Labute approximate surface area is 292 Å². The molecule has 0 aliphatic carbocycles. The maximum absolute atomic E-state index is 6.87. The second-order valence-electron chi connectivity index (χ2n) is 15.1. The fourth-order valence-corrected chi connectivity index (χ4v) is 7.81. The van der Waals surface area contributed by atoms with Crippen molar-refractivity contribution in [3.8, 4) is 39.8 Å². The van der Waals surface area contributed by atoms with Gasteiger partial charge in [0.15, 0.2) is 0 Å². The molecular formula is C44H39N5O. The SMILES string of the molecule is Cc1ccc(-c2c(C(C)(C)C)ccc3c2Oc2ccccc2C3(C)C)cc1-c1nc(-n2c3ccccc3n3c4ccccc4nc23)ncc1C. The third-order valence-electron chi connectivity index (χ3n) is 10.5. The molecule has 0 saturated heterocycles. The first-order valence-electron chi connectivity index (χ1n) is 17.3. The third kappa shape index (κ3) is 4.37. The van der Waals surface area contributed by atoms with Gasteiger partial charge in [-0.3, -0.25) is 4.40 Å². The predicted molar refractivity (Wildman–Crippen MR) is 203 cm³/mol. The van der Waals surface area contributed by atoms with E-state index in [0.717, 1.165) is 72.9 Å². The highest BCUT2D eigenvalue weighted by Gasteiger charge is 2.37. The van der Waals surface area contributed by atoms with E-state index in [1.165, 1.54) is 16.7 Å². The van der Waals surface area contributed by atoms with Crippen LogP contribution < -0.4 is 4.74 Å². The molecule has 6 heteroatoms.